The van der Waals surface area contributed by atoms with E-state index in [2.05, 4.69) is 20.4 Å². The number of halogens is 1. The van der Waals surface area contributed by atoms with Gasteiger partial charge in [-0.15, -0.1) is 10.2 Å². The molecular formula is C18H19ClN6O. The summed E-state index contributed by atoms with van der Waals surface area (Å²) in [6.45, 7) is 6.15. The number of nitrogens with zero attached hydrogens (tertiary/aromatic N) is 6. The molecule has 0 spiro atoms. The number of hydrogen-bond donors (Lipinski definition) is 0. The van der Waals surface area contributed by atoms with Crippen molar-refractivity contribution in [3.8, 4) is 0 Å². The molecule has 0 fully saturated rings. The van der Waals surface area contributed by atoms with Gasteiger partial charge in [0.2, 0.25) is 0 Å². The van der Waals surface area contributed by atoms with Crippen LogP contribution in [0.3, 0.4) is 0 Å². The van der Waals surface area contributed by atoms with Crippen LogP contribution in [0.4, 0.5) is 5.69 Å². The van der Waals surface area contributed by atoms with Crippen molar-refractivity contribution in [3.63, 3.8) is 0 Å². The Labute approximate surface area is 156 Å². The largest absolute Gasteiger partial charge is 0.301 e. The number of benzene rings is 1. The fourth-order valence-corrected chi connectivity index (χ4v) is 2.41. The normalized spacial score (nSPS) is 11.4. The van der Waals surface area contributed by atoms with Crippen LogP contribution in [-0.4, -0.2) is 31.1 Å². The van der Waals surface area contributed by atoms with E-state index in [1.807, 2.05) is 32.9 Å². The molecule has 2 aromatic heterocycles. The third-order valence-corrected chi connectivity index (χ3v) is 3.90. The van der Waals surface area contributed by atoms with Crippen molar-refractivity contribution in [2.24, 2.45) is 0 Å². The maximum absolute atomic E-state index is 13.1. The Kier molecular flexibility index (Phi) is 4.99. The summed E-state index contributed by atoms with van der Waals surface area (Å²) in [5.41, 5.74) is 1.22. The van der Waals surface area contributed by atoms with Gasteiger partial charge < -0.3 is 4.90 Å². The Hall–Kier alpha value is -2.80. The Morgan fingerprint density at radius 2 is 1.92 bits per heavy atom. The number of amides is 1. The van der Waals surface area contributed by atoms with E-state index < -0.39 is 0 Å². The third-order valence-electron chi connectivity index (χ3n) is 3.65. The molecule has 1 aromatic carbocycles. The van der Waals surface area contributed by atoms with Gasteiger partial charge in [-0.05, 0) is 61.9 Å². The SMILES string of the molecule is CC(C)(C)n1nnc(C(=O)N(Cc2cccnc2)c2ccc(Cl)cc2)n1. The van der Waals surface area contributed by atoms with Gasteiger partial charge in [-0.3, -0.25) is 9.78 Å². The van der Waals surface area contributed by atoms with Crippen molar-refractivity contribution < 1.29 is 4.79 Å². The van der Waals surface area contributed by atoms with Crippen molar-refractivity contribution >= 4 is 23.2 Å². The topological polar surface area (TPSA) is 76.8 Å². The molecule has 134 valence electrons. The lowest BCUT2D eigenvalue weighted by Crippen LogP contribution is -2.32. The van der Waals surface area contributed by atoms with Crippen LogP contribution in [0.1, 0.15) is 37.0 Å². The van der Waals surface area contributed by atoms with Gasteiger partial charge in [-0.25, -0.2) is 0 Å². The molecule has 26 heavy (non-hydrogen) atoms. The number of tetrazole rings is 1. The number of aromatic nitrogens is 5. The summed E-state index contributed by atoms with van der Waals surface area (Å²) in [6, 6.07) is 10.8. The quantitative estimate of drug-likeness (QED) is 0.704. The third kappa shape index (κ3) is 4.05. The molecule has 0 unspecified atom stereocenters. The van der Waals surface area contributed by atoms with Crippen LogP contribution in [0.15, 0.2) is 48.8 Å². The van der Waals surface area contributed by atoms with E-state index in [9.17, 15) is 4.79 Å². The molecule has 0 aliphatic rings. The second kappa shape index (κ2) is 7.21. The zero-order valence-electron chi connectivity index (χ0n) is 14.8. The minimum absolute atomic E-state index is 0.0405. The predicted molar refractivity (Wildman–Crippen MR) is 99.0 cm³/mol. The molecule has 3 rings (SSSR count). The average molecular weight is 371 g/mol. The van der Waals surface area contributed by atoms with Gasteiger partial charge in [-0.2, -0.15) is 4.80 Å². The van der Waals surface area contributed by atoms with Gasteiger partial charge in [0.25, 0.3) is 11.7 Å². The van der Waals surface area contributed by atoms with Gasteiger partial charge in [0.05, 0.1) is 12.1 Å². The monoisotopic (exact) mass is 370 g/mol. The van der Waals surface area contributed by atoms with E-state index >= 15 is 0 Å². The Morgan fingerprint density at radius 3 is 2.50 bits per heavy atom. The predicted octanol–water partition coefficient (Wildman–Crippen LogP) is 3.32. The van der Waals surface area contributed by atoms with Crippen LogP contribution in [0.5, 0.6) is 0 Å². The Bertz CT molecular complexity index is 886. The van der Waals surface area contributed by atoms with Crippen LogP contribution in [-0.2, 0) is 12.1 Å². The van der Waals surface area contributed by atoms with Crippen LogP contribution in [0.2, 0.25) is 5.02 Å². The van der Waals surface area contributed by atoms with Crippen LogP contribution in [0.25, 0.3) is 0 Å². The highest BCUT2D eigenvalue weighted by atomic mass is 35.5. The van der Waals surface area contributed by atoms with E-state index in [0.29, 0.717) is 17.3 Å². The number of hydrogen-bond acceptors (Lipinski definition) is 5. The summed E-state index contributed by atoms with van der Waals surface area (Å²) in [4.78, 5) is 20.2. The molecule has 0 atom stereocenters. The van der Waals surface area contributed by atoms with Crippen molar-refractivity contribution in [2.75, 3.05) is 4.90 Å². The molecule has 0 aliphatic carbocycles. The lowest BCUT2D eigenvalue weighted by molar-refractivity contribution is 0.0974. The first-order valence-corrected chi connectivity index (χ1v) is 8.49. The van der Waals surface area contributed by atoms with Crippen molar-refractivity contribution in [1.82, 2.24) is 25.2 Å². The summed E-state index contributed by atoms with van der Waals surface area (Å²) < 4.78 is 0. The van der Waals surface area contributed by atoms with Crippen molar-refractivity contribution in [2.45, 2.75) is 32.9 Å². The van der Waals surface area contributed by atoms with E-state index in [4.69, 9.17) is 11.6 Å². The highest BCUT2D eigenvalue weighted by Crippen LogP contribution is 2.22. The molecule has 3 aromatic rings. The zero-order chi connectivity index (χ0) is 18.7. The standard InChI is InChI=1S/C18H19ClN6O/c1-18(2,3)25-22-16(21-23-25)17(26)24(12-13-5-4-10-20-11-13)15-8-6-14(19)7-9-15/h4-11H,12H2,1-3H3. The van der Waals surface area contributed by atoms with Gasteiger partial charge in [-0.1, -0.05) is 17.7 Å². The first kappa shape index (κ1) is 18.0. The summed E-state index contributed by atoms with van der Waals surface area (Å²) >= 11 is 5.98. The van der Waals surface area contributed by atoms with E-state index in [-0.39, 0.29) is 17.3 Å². The highest BCUT2D eigenvalue weighted by molar-refractivity contribution is 6.30. The Morgan fingerprint density at radius 1 is 1.19 bits per heavy atom. The summed E-state index contributed by atoms with van der Waals surface area (Å²) in [5.74, 6) is -0.301. The van der Waals surface area contributed by atoms with Crippen LogP contribution < -0.4 is 4.90 Å². The Balaban J connectivity index is 1.95. The highest BCUT2D eigenvalue weighted by Gasteiger charge is 2.25. The molecule has 1 amide bonds. The summed E-state index contributed by atoms with van der Waals surface area (Å²) in [5, 5.41) is 12.8. The first-order valence-electron chi connectivity index (χ1n) is 8.11. The van der Waals surface area contributed by atoms with E-state index in [0.717, 1.165) is 5.56 Å². The molecular weight excluding hydrogens is 352 g/mol. The van der Waals surface area contributed by atoms with E-state index in [1.165, 1.54) is 4.80 Å². The fraction of sp³-hybridized carbons (Fsp3) is 0.278. The van der Waals surface area contributed by atoms with Gasteiger partial charge in [0.1, 0.15) is 0 Å². The van der Waals surface area contributed by atoms with Crippen LogP contribution in [0, 0.1) is 0 Å². The van der Waals surface area contributed by atoms with Crippen molar-refractivity contribution in [3.05, 3.63) is 65.2 Å². The van der Waals surface area contributed by atoms with Gasteiger partial charge in [0.15, 0.2) is 0 Å². The first-order chi connectivity index (χ1) is 12.3. The smallest absolute Gasteiger partial charge is 0.300 e. The molecule has 0 bridgehead atoms. The molecule has 2 heterocycles. The second-order valence-corrected chi connectivity index (χ2v) is 7.24. The molecule has 8 heteroatoms. The van der Waals surface area contributed by atoms with E-state index in [1.54, 1.807) is 41.6 Å². The minimum atomic E-state index is -0.361. The molecule has 0 saturated heterocycles. The number of carbonyl (C=O) groups is 1. The maximum Gasteiger partial charge on any atom is 0.300 e. The zero-order valence-corrected chi connectivity index (χ0v) is 15.6. The second-order valence-electron chi connectivity index (χ2n) is 6.80. The molecule has 0 saturated carbocycles. The summed E-state index contributed by atoms with van der Waals surface area (Å²) in [6.07, 6.45) is 3.41. The average Bonchev–Trinajstić information content (AvgIpc) is 3.11. The number of pyridine rings is 1. The summed E-state index contributed by atoms with van der Waals surface area (Å²) in [7, 11) is 0. The number of anilines is 1. The maximum atomic E-state index is 13.1. The molecule has 0 aliphatic heterocycles. The van der Waals surface area contributed by atoms with Gasteiger partial charge in [0, 0.05) is 23.1 Å². The lowest BCUT2D eigenvalue weighted by atomic mass is 10.1. The fourth-order valence-electron chi connectivity index (χ4n) is 2.28. The number of rotatable bonds is 4. The molecule has 0 N–H and O–H groups in total. The molecule has 0 radical (unpaired) electrons. The van der Waals surface area contributed by atoms with Crippen molar-refractivity contribution in [1.29, 1.82) is 0 Å². The van der Waals surface area contributed by atoms with Gasteiger partial charge >= 0.3 is 0 Å². The van der Waals surface area contributed by atoms with Crippen LogP contribution >= 0.6 is 11.6 Å². The number of carbonyl (C=O) groups excluding carboxylic acids is 1. The minimum Gasteiger partial charge on any atom is -0.301 e. The molecule has 7 nitrogen and oxygen atoms in total. The lowest BCUT2D eigenvalue weighted by Gasteiger charge is -2.21.